The first-order valence-electron chi connectivity index (χ1n) is 5.42. The molecule has 0 fully saturated rings. The topological polar surface area (TPSA) is 60.2 Å². The van der Waals surface area contributed by atoms with Gasteiger partial charge in [-0.1, -0.05) is 6.07 Å². The van der Waals surface area contributed by atoms with Gasteiger partial charge in [0.15, 0.2) is 9.84 Å². The fourth-order valence-electron chi connectivity index (χ4n) is 1.67. The van der Waals surface area contributed by atoms with Crippen LogP contribution in [0.3, 0.4) is 0 Å². The first-order chi connectivity index (χ1) is 9.20. The third kappa shape index (κ3) is 3.13. The molecule has 0 atom stereocenters. The van der Waals surface area contributed by atoms with Gasteiger partial charge in [-0.2, -0.15) is 13.2 Å². The van der Waals surface area contributed by atoms with Crippen molar-refractivity contribution >= 4 is 26.9 Å². The summed E-state index contributed by atoms with van der Waals surface area (Å²) in [4.78, 5) is 0.322. The van der Waals surface area contributed by atoms with Crippen LogP contribution in [-0.2, 0) is 21.8 Å². The van der Waals surface area contributed by atoms with E-state index in [9.17, 15) is 21.6 Å². The van der Waals surface area contributed by atoms with Crippen LogP contribution in [0.25, 0.3) is 0 Å². The van der Waals surface area contributed by atoms with Crippen LogP contribution in [0.15, 0.2) is 40.6 Å². The maximum absolute atomic E-state index is 12.5. The fraction of sp³-hybridized carbons (Fsp3) is 0.167. The van der Waals surface area contributed by atoms with E-state index in [0.717, 1.165) is 12.1 Å². The lowest BCUT2D eigenvalue weighted by molar-refractivity contribution is -0.137. The molecule has 0 radical (unpaired) electrons. The molecule has 3 nitrogen and oxygen atoms in total. The molecule has 1 heterocycles. The number of anilines is 1. The van der Waals surface area contributed by atoms with Gasteiger partial charge in [0.25, 0.3) is 0 Å². The molecule has 0 aliphatic rings. The van der Waals surface area contributed by atoms with E-state index in [2.05, 4.69) is 0 Å². The molecule has 2 rings (SSSR count). The van der Waals surface area contributed by atoms with Crippen LogP contribution >= 0.6 is 11.3 Å². The lowest BCUT2D eigenvalue weighted by Crippen LogP contribution is -2.10. The van der Waals surface area contributed by atoms with E-state index < -0.39 is 27.3 Å². The van der Waals surface area contributed by atoms with E-state index in [0.29, 0.717) is 10.9 Å². The number of alkyl halides is 3. The standard InChI is InChI=1S/C12H10F3NO2S2/c13-12(14,15)8-3-4-11(10(16)6-8)20(17,18)7-9-2-1-5-19-9/h1-6H,7,16H2. The number of hydrogen-bond donors (Lipinski definition) is 1. The Morgan fingerprint density at radius 3 is 2.40 bits per heavy atom. The van der Waals surface area contributed by atoms with Crippen molar-refractivity contribution in [2.24, 2.45) is 0 Å². The predicted molar refractivity (Wildman–Crippen MR) is 71.1 cm³/mol. The molecule has 0 amide bonds. The Bertz CT molecular complexity index is 707. The average molecular weight is 321 g/mol. The van der Waals surface area contributed by atoms with E-state index >= 15 is 0 Å². The first kappa shape index (κ1) is 14.9. The molecule has 0 unspecified atom stereocenters. The van der Waals surface area contributed by atoms with Crippen LogP contribution in [0.4, 0.5) is 18.9 Å². The Labute approximate surface area is 117 Å². The highest BCUT2D eigenvalue weighted by Crippen LogP contribution is 2.33. The lowest BCUT2D eigenvalue weighted by atomic mass is 10.2. The first-order valence-corrected chi connectivity index (χ1v) is 7.95. The maximum atomic E-state index is 12.5. The molecule has 0 spiro atoms. The SMILES string of the molecule is Nc1cc(C(F)(F)F)ccc1S(=O)(=O)Cc1cccs1. The summed E-state index contributed by atoms with van der Waals surface area (Å²) in [6.45, 7) is 0. The molecule has 20 heavy (non-hydrogen) atoms. The van der Waals surface area contributed by atoms with Crippen molar-refractivity contribution in [3.05, 3.63) is 46.2 Å². The summed E-state index contributed by atoms with van der Waals surface area (Å²) in [5, 5.41) is 1.72. The summed E-state index contributed by atoms with van der Waals surface area (Å²) in [6, 6.07) is 5.61. The van der Waals surface area contributed by atoms with Gasteiger partial charge in [0.1, 0.15) is 0 Å². The number of rotatable bonds is 3. The summed E-state index contributed by atoms with van der Waals surface area (Å²) >= 11 is 1.26. The molecule has 0 aliphatic carbocycles. The molecule has 108 valence electrons. The number of thiophene rings is 1. The van der Waals surface area contributed by atoms with Crippen molar-refractivity contribution in [3.63, 3.8) is 0 Å². The summed E-state index contributed by atoms with van der Waals surface area (Å²) in [5.74, 6) is -0.278. The van der Waals surface area contributed by atoms with Gasteiger partial charge in [0.05, 0.1) is 21.9 Å². The van der Waals surface area contributed by atoms with Crippen LogP contribution in [0.2, 0.25) is 0 Å². The number of halogens is 3. The third-order valence-corrected chi connectivity index (χ3v) is 5.38. The van der Waals surface area contributed by atoms with Crippen molar-refractivity contribution in [2.45, 2.75) is 16.8 Å². The van der Waals surface area contributed by atoms with E-state index in [4.69, 9.17) is 5.73 Å². The zero-order chi connectivity index (χ0) is 15.0. The Kier molecular flexibility index (Phi) is 3.79. The number of sulfone groups is 1. The van der Waals surface area contributed by atoms with Gasteiger partial charge in [0, 0.05) is 4.88 Å². The van der Waals surface area contributed by atoms with E-state index in [1.807, 2.05) is 0 Å². The molecule has 0 saturated heterocycles. The van der Waals surface area contributed by atoms with Gasteiger partial charge >= 0.3 is 6.18 Å². The highest BCUT2D eigenvalue weighted by Gasteiger charge is 2.32. The molecule has 2 aromatic rings. The monoisotopic (exact) mass is 321 g/mol. The minimum Gasteiger partial charge on any atom is -0.398 e. The summed E-state index contributed by atoms with van der Waals surface area (Å²) in [7, 11) is -3.76. The van der Waals surface area contributed by atoms with E-state index in [-0.39, 0.29) is 10.6 Å². The molecule has 2 N–H and O–H groups in total. The molecular formula is C12H10F3NO2S2. The number of nitrogens with two attached hydrogens (primary N) is 1. The van der Waals surface area contributed by atoms with Crippen molar-refractivity contribution in [3.8, 4) is 0 Å². The Morgan fingerprint density at radius 1 is 1.20 bits per heavy atom. The lowest BCUT2D eigenvalue weighted by Gasteiger charge is -2.11. The Balaban J connectivity index is 2.38. The summed E-state index contributed by atoms with van der Waals surface area (Å²) in [6.07, 6.45) is -4.55. The van der Waals surface area contributed by atoms with Crippen molar-refractivity contribution < 1.29 is 21.6 Å². The number of nitrogen functional groups attached to an aromatic ring is 1. The second-order valence-corrected chi connectivity index (χ2v) is 7.08. The predicted octanol–water partition coefficient (Wildman–Crippen LogP) is 3.32. The Morgan fingerprint density at radius 2 is 1.90 bits per heavy atom. The zero-order valence-electron chi connectivity index (χ0n) is 10.0. The minimum absolute atomic E-state index is 0.278. The molecule has 0 aliphatic heterocycles. The Hall–Kier alpha value is -1.54. The van der Waals surface area contributed by atoms with Gasteiger partial charge in [-0.3, -0.25) is 0 Å². The smallest absolute Gasteiger partial charge is 0.398 e. The molecule has 1 aromatic heterocycles. The van der Waals surface area contributed by atoms with E-state index in [1.165, 1.54) is 11.3 Å². The minimum atomic E-state index is -4.55. The quantitative estimate of drug-likeness (QED) is 0.882. The molecule has 1 aromatic carbocycles. The average Bonchev–Trinajstić information content (AvgIpc) is 2.79. The zero-order valence-corrected chi connectivity index (χ0v) is 11.6. The number of benzene rings is 1. The van der Waals surface area contributed by atoms with Gasteiger partial charge in [0.2, 0.25) is 0 Å². The van der Waals surface area contributed by atoms with Gasteiger partial charge in [-0.25, -0.2) is 8.42 Å². The van der Waals surface area contributed by atoms with Gasteiger partial charge < -0.3 is 5.73 Å². The number of hydrogen-bond acceptors (Lipinski definition) is 4. The third-order valence-electron chi connectivity index (χ3n) is 2.58. The van der Waals surface area contributed by atoms with Crippen LogP contribution in [0, 0.1) is 0 Å². The molecule has 0 bridgehead atoms. The maximum Gasteiger partial charge on any atom is 0.416 e. The second kappa shape index (κ2) is 5.10. The molecule has 0 saturated carbocycles. The van der Waals surface area contributed by atoms with Crippen LogP contribution in [0.1, 0.15) is 10.4 Å². The molecule has 8 heteroatoms. The van der Waals surface area contributed by atoms with Crippen molar-refractivity contribution in [2.75, 3.05) is 5.73 Å². The fourth-order valence-corrected chi connectivity index (χ4v) is 4.21. The second-order valence-electron chi connectivity index (χ2n) is 4.09. The van der Waals surface area contributed by atoms with Crippen molar-refractivity contribution in [1.82, 2.24) is 0 Å². The van der Waals surface area contributed by atoms with Gasteiger partial charge in [-0.15, -0.1) is 11.3 Å². The van der Waals surface area contributed by atoms with Crippen molar-refractivity contribution in [1.29, 1.82) is 0 Å². The van der Waals surface area contributed by atoms with Crippen LogP contribution in [-0.4, -0.2) is 8.42 Å². The largest absolute Gasteiger partial charge is 0.416 e. The van der Waals surface area contributed by atoms with Crippen LogP contribution in [0.5, 0.6) is 0 Å². The van der Waals surface area contributed by atoms with E-state index in [1.54, 1.807) is 17.5 Å². The summed E-state index contributed by atoms with van der Waals surface area (Å²) in [5.41, 5.74) is 4.10. The van der Waals surface area contributed by atoms with Gasteiger partial charge in [-0.05, 0) is 29.6 Å². The normalized spacial score (nSPS) is 12.6. The summed E-state index contributed by atoms with van der Waals surface area (Å²) < 4.78 is 61.7. The highest BCUT2D eigenvalue weighted by atomic mass is 32.2. The highest BCUT2D eigenvalue weighted by molar-refractivity contribution is 7.91. The van der Waals surface area contributed by atoms with Crippen LogP contribution < -0.4 is 5.73 Å². The molecular weight excluding hydrogens is 311 g/mol.